The van der Waals surface area contributed by atoms with Crippen molar-refractivity contribution in [3.8, 4) is 28.6 Å². The molecule has 14 atom stereocenters. The fourth-order valence-electron chi connectivity index (χ4n) is 6.78. The lowest BCUT2D eigenvalue weighted by Gasteiger charge is -2.45. The summed E-state index contributed by atoms with van der Waals surface area (Å²) in [7, 11) is 1.08. The van der Waals surface area contributed by atoms with Gasteiger partial charge in [-0.25, -0.2) is 0 Å². The Hall–Kier alpha value is -3.51. The number of aliphatic hydroxyl groups is 10. The molecule has 2 aromatic carbocycles. The SMILES string of the molecule is COc1c([C@@H]2O[C@H](CO)[C@@H](O)[C@H](O)[C@H]2O)c(O)c2c(=O)cc(-c3ccc(O)cc3)oc2c1[C@@H]1O[C@H](CO)[C@@H](O)[C@H](O)[C@@H]1O[C@H]1OC[C@H](O)[C@@H](O)[C@@H]1O. The van der Waals surface area contributed by atoms with Crippen molar-refractivity contribution in [3.63, 3.8) is 0 Å². The summed E-state index contributed by atoms with van der Waals surface area (Å²) in [6, 6.07) is 6.42. The molecule has 3 fully saturated rings. The lowest BCUT2D eigenvalue weighted by molar-refractivity contribution is -0.325. The molecule has 0 spiro atoms. The van der Waals surface area contributed by atoms with Gasteiger partial charge in [-0.3, -0.25) is 4.79 Å². The summed E-state index contributed by atoms with van der Waals surface area (Å²) >= 11 is 0. The summed E-state index contributed by atoms with van der Waals surface area (Å²) in [4.78, 5) is 13.9. The lowest BCUT2D eigenvalue weighted by Crippen LogP contribution is -2.60. The Kier molecular flexibility index (Phi) is 11.1. The van der Waals surface area contributed by atoms with Crippen LogP contribution in [0, 0.1) is 0 Å². The lowest BCUT2D eigenvalue weighted by atomic mass is 9.84. The van der Waals surface area contributed by atoms with Crippen LogP contribution in [-0.4, -0.2) is 162 Å². The van der Waals surface area contributed by atoms with Gasteiger partial charge in [0, 0.05) is 11.6 Å². The average molecular weight is 741 g/mol. The van der Waals surface area contributed by atoms with Crippen molar-refractivity contribution < 1.29 is 89.4 Å². The van der Waals surface area contributed by atoms with Gasteiger partial charge in [-0.05, 0) is 24.3 Å². The van der Waals surface area contributed by atoms with E-state index in [-0.39, 0.29) is 22.6 Å². The van der Waals surface area contributed by atoms with Crippen molar-refractivity contribution in [2.45, 2.75) is 85.6 Å². The molecule has 52 heavy (non-hydrogen) atoms. The van der Waals surface area contributed by atoms with E-state index in [2.05, 4.69) is 0 Å². The van der Waals surface area contributed by atoms with Crippen LogP contribution in [-0.2, 0) is 18.9 Å². The van der Waals surface area contributed by atoms with Crippen LogP contribution in [0.4, 0.5) is 0 Å². The number of methoxy groups -OCH3 is 1. The predicted octanol–water partition coefficient (Wildman–Crippen LogP) is -3.63. The molecule has 0 amide bonds. The molecule has 3 aliphatic rings. The Bertz CT molecular complexity index is 1780. The predicted molar refractivity (Wildman–Crippen MR) is 170 cm³/mol. The molecule has 3 aliphatic heterocycles. The molecule has 0 saturated carbocycles. The first-order chi connectivity index (χ1) is 24.7. The number of aromatic hydroxyl groups is 2. The number of fused-ring (bicyclic) bond motifs is 1. The van der Waals surface area contributed by atoms with Gasteiger partial charge in [-0.15, -0.1) is 0 Å². The van der Waals surface area contributed by atoms with Crippen molar-refractivity contribution in [1.29, 1.82) is 0 Å². The van der Waals surface area contributed by atoms with Crippen LogP contribution in [0.1, 0.15) is 23.3 Å². The van der Waals surface area contributed by atoms with E-state index >= 15 is 0 Å². The van der Waals surface area contributed by atoms with Crippen LogP contribution >= 0.6 is 0 Å². The highest BCUT2D eigenvalue weighted by Gasteiger charge is 2.53. The Morgan fingerprint density at radius 1 is 0.750 bits per heavy atom. The summed E-state index contributed by atoms with van der Waals surface area (Å²) in [6.07, 6.45) is -25.2. The smallest absolute Gasteiger partial charge is 0.197 e. The van der Waals surface area contributed by atoms with E-state index in [0.717, 1.165) is 13.2 Å². The molecule has 19 heteroatoms. The van der Waals surface area contributed by atoms with Crippen LogP contribution in [0.2, 0.25) is 0 Å². The normalized spacial score (nSPS) is 36.9. The zero-order valence-corrected chi connectivity index (χ0v) is 27.3. The third-order valence-corrected chi connectivity index (χ3v) is 9.60. The van der Waals surface area contributed by atoms with E-state index in [4.69, 9.17) is 28.1 Å². The van der Waals surface area contributed by atoms with E-state index < -0.39 is 139 Å². The van der Waals surface area contributed by atoms with Gasteiger partial charge in [-0.2, -0.15) is 0 Å². The highest BCUT2D eigenvalue weighted by molar-refractivity contribution is 5.92. The molecule has 3 saturated heterocycles. The second-order valence-corrected chi connectivity index (χ2v) is 12.8. The van der Waals surface area contributed by atoms with Crippen LogP contribution in [0.25, 0.3) is 22.3 Å². The number of aliphatic hydroxyl groups excluding tert-OH is 10. The van der Waals surface area contributed by atoms with E-state index in [9.17, 15) is 66.1 Å². The fraction of sp³-hybridized carbons (Fsp3) is 0.545. The third-order valence-electron chi connectivity index (χ3n) is 9.60. The molecule has 0 radical (unpaired) electrons. The number of benzene rings is 2. The number of rotatable bonds is 8. The highest BCUT2D eigenvalue weighted by Crippen LogP contribution is 2.52. The zero-order chi connectivity index (χ0) is 37.8. The van der Waals surface area contributed by atoms with Crippen LogP contribution in [0.3, 0.4) is 0 Å². The molecule has 4 heterocycles. The van der Waals surface area contributed by atoms with Gasteiger partial charge in [0.1, 0.15) is 108 Å². The Balaban J connectivity index is 1.64. The topological polar surface area (TPSA) is 319 Å². The summed E-state index contributed by atoms with van der Waals surface area (Å²) in [6.45, 7) is -2.29. The minimum atomic E-state index is -2.03. The minimum absolute atomic E-state index is 0.112. The molecule has 6 rings (SSSR count). The molecular formula is C33H40O19. The van der Waals surface area contributed by atoms with E-state index in [1.807, 2.05) is 0 Å². The third kappa shape index (κ3) is 6.52. The summed E-state index contributed by atoms with van der Waals surface area (Å²) in [5.41, 5.74) is -2.04. The van der Waals surface area contributed by atoms with Gasteiger partial charge < -0.3 is 89.4 Å². The van der Waals surface area contributed by atoms with E-state index in [1.54, 1.807) is 0 Å². The van der Waals surface area contributed by atoms with Gasteiger partial charge in [0.25, 0.3) is 0 Å². The summed E-state index contributed by atoms with van der Waals surface area (Å²) in [5, 5.41) is 127. The maximum Gasteiger partial charge on any atom is 0.197 e. The van der Waals surface area contributed by atoms with Crippen molar-refractivity contribution >= 4 is 11.0 Å². The van der Waals surface area contributed by atoms with Crippen molar-refractivity contribution in [2.75, 3.05) is 26.9 Å². The molecular weight excluding hydrogens is 700 g/mol. The molecule has 0 aliphatic carbocycles. The Labute approximate surface area is 293 Å². The van der Waals surface area contributed by atoms with Gasteiger partial charge >= 0.3 is 0 Å². The second kappa shape index (κ2) is 15.1. The summed E-state index contributed by atoms with van der Waals surface area (Å²) in [5.74, 6) is -1.63. The minimum Gasteiger partial charge on any atom is -0.508 e. The molecule has 12 N–H and O–H groups in total. The first kappa shape index (κ1) is 38.2. The second-order valence-electron chi connectivity index (χ2n) is 12.8. The first-order valence-corrected chi connectivity index (χ1v) is 16.2. The van der Waals surface area contributed by atoms with Gasteiger partial charge in [0.05, 0.1) is 38.1 Å². The molecule has 1 aromatic heterocycles. The Morgan fingerprint density at radius 3 is 1.98 bits per heavy atom. The number of phenolic OH excluding ortho intramolecular Hbond substituents is 2. The monoisotopic (exact) mass is 740 g/mol. The molecule has 286 valence electrons. The van der Waals surface area contributed by atoms with Crippen molar-refractivity contribution in [1.82, 2.24) is 0 Å². The maximum atomic E-state index is 13.9. The number of hydrogen-bond donors (Lipinski definition) is 12. The zero-order valence-electron chi connectivity index (χ0n) is 27.3. The van der Waals surface area contributed by atoms with Crippen LogP contribution in [0.5, 0.6) is 17.2 Å². The van der Waals surface area contributed by atoms with E-state index in [1.165, 1.54) is 24.3 Å². The number of hydrogen-bond acceptors (Lipinski definition) is 19. The Morgan fingerprint density at radius 2 is 1.37 bits per heavy atom. The van der Waals surface area contributed by atoms with E-state index in [0.29, 0.717) is 0 Å². The molecule has 0 unspecified atom stereocenters. The fourth-order valence-corrected chi connectivity index (χ4v) is 6.78. The largest absolute Gasteiger partial charge is 0.508 e. The standard InChI is InChI=1S/C33H40O19/c1-47-28-18(30-26(45)24(43)21(40)15(7-34)50-30)23(42)17-12(37)6-14(10-2-4-11(36)5-3-10)49-29(17)19(28)31-32(25(44)22(41)16(8-35)51-31)52-33-27(46)20(39)13(38)9-48-33/h2-6,13,15-16,20-22,24-27,30-36,38-46H,7-9H2,1H3/t13-,15+,16+,20+,21+,22+,24-,25-,26+,27-,30-,31-,32-,33+/m0/s1. The number of ether oxygens (including phenoxy) is 5. The van der Waals surface area contributed by atoms with Crippen LogP contribution in [0.15, 0.2) is 39.5 Å². The molecule has 3 aromatic rings. The average Bonchev–Trinajstić information content (AvgIpc) is 3.13. The summed E-state index contributed by atoms with van der Waals surface area (Å²) < 4.78 is 35.0. The first-order valence-electron chi connectivity index (χ1n) is 16.2. The van der Waals surface area contributed by atoms with Gasteiger partial charge in [0.15, 0.2) is 17.3 Å². The quantitative estimate of drug-likeness (QED) is 0.106. The van der Waals surface area contributed by atoms with Crippen molar-refractivity contribution in [2.24, 2.45) is 0 Å². The maximum absolute atomic E-state index is 13.9. The van der Waals surface area contributed by atoms with Crippen molar-refractivity contribution in [3.05, 3.63) is 51.7 Å². The van der Waals surface area contributed by atoms with Gasteiger partial charge in [-0.1, -0.05) is 0 Å². The number of phenols is 2. The molecule has 0 bridgehead atoms. The van der Waals surface area contributed by atoms with Gasteiger partial charge in [0.2, 0.25) is 0 Å². The van der Waals surface area contributed by atoms with Crippen LogP contribution < -0.4 is 10.2 Å². The highest BCUT2D eigenvalue weighted by atomic mass is 16.7. The molecule has 19 nitrogen and oxygen atoms in total.